The molecule has 0 amide bonds. The Morgan fingerprint density at radius 3 is 2.73 bits per heavy atom. The van der Waals surface area contributed by atoms with Crippen molar-refractivity contribution in [2.75, 3.05) is 6.61 Å². The molecule has 0 bridgehead atoms. The number of hydrogen-bond acceptors (Lipinski definition) is 8. The van der Waals surface area contributed by atoms with Crippen LogP contribution >= 0.6 is 11.3 Å². The van der Waals surface area contributed by atoms with E-state index in [4.69, 9.17) is 14.5 Å². The number of thiazole rings is 1. The molecule has 0 spiro atoms. The third-order valence-electron chi connectivity index (χ3n) is 7.09. The molecule has 3 aromatic carbocycles. The Bertz CT molecular complexity index is 1940. The Kier molecular flexibility index (Phi) is 6.84. The Labute approximate surface area is 238 Å². The molecule has 0 saturated carbocycles. The van der Waals surface area contributed by atoms with Crippen molar-refractivity contribution in [1.82, 2.24) is 4.57 Å². The van der Waals surface area contributed by atoms with Gasteiger partial charge in [0.05, 0.1) is 27.8 Å². The van der Waals surface area contributed by atoms with Crippen LogP contribution in [-0.2, 0) is 11.2 Å². The van der Waals surface area contributed by atoms with Gasteiger partial charge in [0, 0.05) is 24.6 Å². The summed E-state index contributed by atoms with van der Waals surface area (Å²) in [5.41, 5.74) is 5.07. The van der Waals surface area contributed by atoms with E-state index in [0.29, 0.717) is 45.0 Å². The molecule has 41 heavy (non-hydrogen) atoms. The van der Waals surface area contributed by atoms with E-state index in [1.165, 1.54) is 29.9 Å². The molecule has 0 fully saturated rings. The molecule has 1 atom stereocenters. The monoisotopic (exact) mass is 567 g/mol. The van der Waals surface area contributed by atoms with Gasteiger partial charge in [-0.25, -0.2) is 4.99 Å². The normalized spacial score (nSPS) is 15.9. The van der Waals surface area contributed by atoms with E-state index < -0.39 is 16.9 Å². The maximum atomic E-state index is 14.0. The number of nitrogens with zero attached hydrogens (tertiary/aromatic N) is 3. The van der Waals surface area contributed by atoms with E-state index in [-0.39, 0.29) is 11.2 Å². The maximum Gasteiger partial charge on any atom is 0.308 e. The average Bonchev–Trinajstić information content (AvgIpc) is 3.27. The van der Waals surface area contributed by atoms with Gasteiger partial charge in [-0.1, -0.05) is 53.8 Å². The zero-order valence-corrected chi connectivity index (χ0v) is 23.1. The summed E-state index contributed by atoms with van der Waals surface area (Å²) in [6.07, 6.45) is 3.22. The second-order valence-corrected chi connectivity index (χ2v) is 10.7. The number of non-ortho nitro benzene ring substituents is 1. The number of fused-ring (bicyclic) bond motifs is 3. The van der Waals surface area contributed by atoms with Crippen molar-refractivity contribution in [3.8, 4) is 11.5 Å². The largest absolute Gasteiger partial charge is 0.490 e. The third kappa shape index (κ3) is 4.87. The van der Waals surface area contributed by atoms with Gasteiger partial charge < -0.3 is 9.47 Å². The fourth-order valence-electron chi connectivity index (χ4n) is 5.40. The van der Waals surface area contributed by atoms with Crippen molar-refractivity contribution in [1.29, 1.82) is 0 Å². The van der Waals surface area contributed by atoms with Crippen LogP contribution < -0.4 is 24.4 Å². The number of nitro groups is 1. The lowest BCUT2D eigenvalue weighted by atomic mass is 9.83. The minimum Gasteiger partial charge on any atom is -0.490 e. The molecule has 0 N–H and O–H groups in total. The fraction of sp³-hybridized carbons (Fsp3) is 0.194. The average molecular weight is 568 g/mol. The van der Waals surface area contributed by atoms with Gasteiger partial charge in [-0.15, -0.1) is 0 Å². The number of allylic oxidation sites excluding steroid dienone is 1. The Morgan fingerprint density at radius 1 is 1.12 bits per heavy atom. The summed E-state index contributed by atoms with van der Waals surface area (Å²) < 4.78 is 13.0. The van der Waals surface area contributed by atoms with Crippen LogP contribution in [0.5, 0.6) is 11.5 Å². The molecule has 2 aliphatic rings. The van der Waals surface area contributed by atoms with E-state index in [2.05, 4.69) is 6.07 Å². The first-order valence-electron chi connectivity index (χ1n) is 13.2. The van der Waals surface area contributed by atoms with Gasteiger partial charge in [-0.05, 0) is 60.2 Å². The lowest BCUT2D eigenvalue weighted by Gasteiger charge is -2.30. The molecule has 0 saturated heterocycles. The van der Waals surface area contributed by atoms with Crippen LogP contribution in [0.1, 0.15) is 48.6 Å². The summed E-state index contributed by atoms with van der Waals surface area (Å²) in [5, 5.41) is 11.6. The molecule has 10 heteroatoms. The number of carbonyl (C=O) groups excluding carboxylic acids is 1. The van der Waals surface area contributed by atoms with Crippen LogP contribution in [0.3, 0.4) is 0 Å². The van der Waals surface area contributed by atoms with Gasteiger partial charge in [-0.3, -0.25) is 24.3 Å². The van der Waals surface area contributed by atoms with Crippen molar-refractivity contribution in [3.63, 3.8) is 0 Å². The highest BCUT2D eigenvalue weighted by molar-refractivity contribution is 7.07. The number of aryl methyl sites for hydroxylation is 1. The SMILES string of the molecule is CCOc1cc(/C=c2/sc3n(c2=O)[C@H](c2cccc([N+](=O)[O-])c2)C2=C(N=3)c3ccccc3CC2)ccc1OC(C)=O. The van der Waals surface area contributed by atoms with Gasteiger partial charge >= 0.3 is 5.97 Å². The molecule has 6 rings (SSSR count). The van der Waals surface area contributed by atoms with E-state index in [1.54, 1.807) is 41.0 Å². The van der Waals surface area contributed by atoms with Gasteiger partial charge in [-0.2, -0.15) is 0 Å². The molecule has 4 aromatic rings. The Balaban J connectivity index is 1.55. The van der Waals surface area contributed by atoms with Crippen LogP contribution in [0.2, 0.25) is 0 Å². The van der Waals surface area contributed by atoms with Gasteiger partial charge in [0.1, 0.15) is 0 Å². The standard InChI is InChI=1S/C31H25N3O6S/c1-3-39-26-15-19(11-14-25(26)40-18(2)35)16-27-30(36)33-29(21-8-6-9-22(17-21)34(37)38)24-13-12-20-7-4-5-10-23(20)28(24)32-31(33)41-27/h4-11,14-17,29H,3,12-13H2,1-2H3/b27-16+/t29-/m1/s1. The number of esters is 1. The fourth-order valence-corrected chi connectivity index (χ4v) is 6.41. The van der Waals surface area contributed by atoms with Crippen LogP contribution in [-0.4, -0.2) is 22.1 Å². The molecule has 1 aliphatic carbocycles. The number of nitro benzene ring substituents is 1. The summed E-state index contributed by atoms with van der Waals surface area (Å²) >= 11 is 1.26. The zero-order chi connectivity index (χ0) is 28.7. The van der Waals surface area contributed by atoms with Crippen LogP contribution in [0.25, 0.3) is 11.8 Å². The van der Waals surface area contributed by atoms with E-state index in [1.807, 2.05) is 31.2 Å². The number of aromatic nitrogens is 1. The maximum absolute atomic E-state index is 14.0. The quantitative estimate of drug-likeness (QED) is 0.146. The minimum absolute atomic E-state index is 0.0312. The molecule has 2 heterocycles. The van der Waals surface area contributed by atoms with Crippen LogP contribution in [0, 0.1) is 10.1 Å². The van der Waals surface area contributed by atoms with Crippen LogP contribution in [0.15, 0.2) is 82.1 Å². The highest BCUT2D eigenvalue weighted by Crippen LogP contribution is 2.41. The predicted molar refractivity (Wildman–Crippen MR) is 155 cm³/mol. The smallest absolute Gasteiger partial charge is 0.308 e. The van der Waals surface area contributed by atoms with Crippen molar-refractivity contribution in [2.45, 2.75) is 32.7 Å². The number of hydrogen-bond donors (Lipinski definition) is 0. The minimum atomic E-state index is -0.526. The van der Waals surface area contributed by atoms with Crippen molar-refractivity contribution in [3.05, 3.63) is 124 Å². The van der Waals surface area contributed by atoms with Gasteiger partial charge in [0.2, 0.25) is 0 Å². The molecule has 1 aromatic heterocycles. The van der Waals surface area contributed by atoms with Gasteiger partial charge in [0.25, 0.3) is 11.2 Å². The first-order chi connectivity index (χ1) is 19.8. The van der Waals surface area contributed by atoms with Crippen molar-refractivity contribution >= 4 is 34.8 Å². The summed E-state index contributed by atoms with van der Waals surface area (Å²) in [4.78, 5) is 42.2. The van der Waals surface area contributed by atoms with Crippen molar-refractivity contribution < 1.29 is 19.2 Å². The topological polar surface area (TPSA) is 113 Å². The number of rotatable bonds is 6. The highest BCUT2D eigenvalue weighted by atomic mass is 32.1. The molecule has 0 unspecified atom stereocenters. The molecule has 1 aliphatic heterocycles. The number of benzene rings is 3. The number of carbonyl (C=O) groups is 1. The summed E-state index contributed by atoms with van der Waals surface area (Å²) in [6.45, 7) is 3.52. The van der Waals surface area contributed by atoms with E-state index in [9.17, 15) is 19.7 Å². The highest BCUT2D eigenvalue weighted by Gasteiger charge is 2.33. The lowest BCUT2D eigenvalue weighted by molar-refractivity contribution is -0.384. The number of ether oxygens (including phenoxy) is 2. The Hall–Kier alpha value is -4.83. The summed E-state index contributed by atoms with van der Waals surface area (Å²) in [7, 11) is 0. The zero-order valence-electron chi connectivity index (χ0n) is 22.3. The second-order valence-electron chi connectivity index (χ2n) is 9.70. The molecule has 0 radical (unpaired) electrons. The predicted octanol–water partition coefficient (Wildman–Crippen LogP) is 4.55. The first kappa shape index (κ1) is 26.4. The molecular formula is C31H25N3O6S. The lowest BCUT2D eigenvalue weighted by Crippen LogP contribution is -2.38. The van der Waals surface area contributed by atoms with Crippen molar-refractivity contribution in [2.24, 2.45) is 4.99 Å². The van der Waals surface area contributed by atoms with Gasteiger partial charge in [0.15, 0.2) is 16.3 Å². The Morgan fingerprint density at radius 2 is 1.95 bits per heavy atom. The van der Waals surface area contributed by atoms with Crippen LogP contribution in [0.4, 0.5) is 5.69 Å². The second kappa shape index (κ2) is 10.6. The van der Waals surface area contributed by atoms with E-state index >= 15 is 0 Å². The molecule has 9 nitrogen and oxygen atoms in total. The molecule has 206 valence electrons. The first-order valence-corrected chi connectivity index (χ1v) is 14.0. The molecular weight excluding hydrogens is 542 g/mol. The summed E-state index contributed by atoms with van der Waals surface area (Å²) in [5.74, 6) is 0.236. The third-order valence-corrected chi connectivity index (χ3v) is 8.07. The summed E-state index contributed by atoms with van der Waals surface area (Å²) in [6, 6.07) is 19.1. The van der Waals surface area contributed by atoms with E-state index in [0.717, 1.165) is 23.3 Å².